The monoisotopic (exact) mass is 338 g/mol. The van der Waals surface area contributed by atoms with Crippen molar-refractivity contribution in [3.05, 3.63) is 40.1 Å². The molecule has 0 aliphatic carbocycles. The summed E-state index contributed by atoms with van der Waals surface area (Å²) >= 11 is 3.36. The number of methoxy groups -OCH3 is 2. The number of para-hydroxylation sites is 1. The van der Waals surface area contributed by atoms with Crippen molar-refractivity contribution < 1.29 is 14.3 Å². The van der Waals surface area contributed by atoms with Crippen molar-refractivity contribution in [3.8, 4) is 11.5 Å². The van der Waals surface area contributed by atoms with Crippen molar-refractivity contribution in [2.24, 2.45) is 0 Å². The summed E-state index contributed by atoms with van der Waals surface area (Å²) in [4.78, 5) is 12.7. The van der Waals surface area contributed by atoms with E-state index in [1.807, 2.05) is 6.92 Å². The zero-order chi connectivity index (χ0) is 14.7. The van der Waals surface area contributed by atoms with Crippen LogP contribution < -0.4 is 9.47 Å². The molecule has 0 saturated carbocycles. The first-order valence-electron chi connectivity index (χ1n) is 6.11. The van der Waals surface area contributed by atoms with Crippen LogP contribution in [0, 0.1) is 0 Å². The molecular weight excluding hydrogens is 324 g/mol. The van der Waals surface area contributed by atoms with Gasteiger partial charge in [0.1, 0.15) is 5.69 Å². The highest BCUT2D eigenvalue weighted by Gasteiger charge is 2.23. The highest BCUT2D eigenvalue weighted by molar-refractivity contribution is 9.10. The van der Waals surface area contributed by atoms with Crippen LogP contribution in [0.5, 0.6) is 11.5 Å². The molecule has 1 aromatic carbocycles. The first kappa shape index (κ1) is 14.6. The third-order valence-corrected chi connectivity index (χ3v) is 3.54. The topological polar surface area (TPSA) is 53.4 Å². The van der Waals surface area contributed by atoms with Crippen LogP contribution >= 0.6 is 15.9 Å². The van der Waals surface area contributed by atoms with Gasteiger partial charge in [-0.3, -0.25) is 9.48 Å². The molecule has 0 aliphatic heterocycles. The van der Waals surface area contributed by atoms with Crippen molar-refractivity contribution in [2.75, 3.05) is 14.2 Å². The van der Waals surface area contributed by atoms with E-state index in [0.717, 1.165) is 0 Å². The molecule has 1 heterocycles. The number of rotatable bonds is 5. The van der Waals surface area contributed by atoms with E-state index in [0.29, 0.717) is 33.8 Å². The number of carbonyl (C=O) groups is 1. The summed E-state index contributed by atoms with van der Waals surface area (Å²) in [5, 5.41) is 4.16. The second-order valence-electron chi connectivity index (χ2n) is 4.03. The lowest BCUT2D eigenvalue weighted by molar-refractivity contribution is 0.102. The van der Waals surface area contributed by atoms with Crippen LogP contribution in [0.1, 0.15) is 23.0 Å². The summed E-state index contributed by atoms with van der Waals surface area (Å²) in [5.74, 6) is 0.791. The summed E-state index contributed by atoms with van der Waals surface area (Å²) in [6.07, 6.45) is 1.61. The molecule has 2 rings (SSSR count). The van der Waals surface area contributed by atoms with E-state index in [1.165, 1.54) is 7.11 Å². The highest BCUT2D eigenvalue weighted by atomic mass is 79.9. The minimum absolute atomic E-state index is 0.160. The molecule has 0 radical (unpaired) electrons. The van der Waals surface area contributed by atoms with E-state index in [9.17, 15) is 4.79 Å². The van der Waals surface area contributed by atoms with E-state index in [1.54, 1.807) is 36.2 Å². The molecular formula is C14H15BrN2O3. The van der Waals surface area contributed by atoms with Gasteiger partial charge in [0.2, 0.25) is 5.78 Å². The van der Waals surface area contributed by atoms with Crippen molar-refractivity contribution in [1.82, 2.24) is 9.78 Å². The second kappa shape index (κ2) is 6.09. The molecule has 6 heteroatoms. The van der Waals surface area contributed by atoms with Gasteiger partial charge in [0.05, 0.1) is 30.5 Å². The normalized spacial score (nSPS) is 10.4. The Bertz CT molecular complexity index is 637. The highest BCUT2D eigenvalue weighted by Crippen LogP contribution is 2.33. The number of aryl methyl sites for hydroxylation is 1. The van der Waals surface area contributed by atoms with Crippen LogP contribution in [0.15, 0.2) is 28.9 Å². The smallest absolute Gasteiger partial charge is 0.216 e. The quantitative estimate of drug-likeness (QED) is 0.786. The minimum Gasteiger partial charge on any atom is -0.493 e. The Morgan fingerprint density at radius 1 is 1.35 bits per heavy atom. The van der Waals surface area contributed by atoms with Gasteiger partial charge in [0.15, 0.2) is 11.5 Å². The van der Waals surface area contributed by atoms with Gasteiger partial charge in [-0.05, 0) is 35.0 Å². The average molecular weight is 339 g/mol. The lowest BCUT2D eigenvalue weighted by Gasteiger charge is -2.12. The number of carbonyl (C=O) groups excluding carboxylic acids is 1. The van der Waals surface area contributed by atoms with E-state index in [4.69, 9.17) is 9.47 Å². The van der Waals surface area contributed by atoms with Crippen molar-refractivity contribution in [2.45, 2.75) is 13.5 Å². The molecule has 0 unspecified atom stereocenters. The van der Waals surface area contributed by atoms with Crippen LogP contribution in [0.4, 0.5) is 0 Å². The Balaban J connectivity index is 2.56. The average Bonchev–Trinajstić information content (AvgIpc) is 2.86. The summed E-state index contributed by atoms with van der Waals surface area (Å²) in [7, 11) is 3.05. The summed E-state index contributed by atoms with van der Waals surface area (Å²) in [5.41, 5.74) is 0.946. The third kappa shape index (κ3) is 2.43. The van der Waals surface area contributed by atoms with Gasteiger partial charge in [0, 0.05) is 6.54 Å². The maximum atomic E-state index is 12.7. The zero-order valence-corrected chi connectivity index (χ0v) is 13.1. The number of hydrogen-bond donors (Lipinski definition) is 0. The molecule has 0 atom stereocenters. The number of aromatic nitrogens is 2. The van der Waals surface area contributed by atoms with Gasteiger partial charge >= 0.3 is 0 Å². The Kier molecular flexibility index (Phi) is 4.44. The molecule has 1 aromatic heterocycles. The Morgan fingerprint density at radius 2 is 2.10 bits per heavy atom. The molecule has 0 saturated heterocycles. The molecule has 20 heavy (non-hydrogen) atoms. The lowest BCUT2D eigenvalue weighted by atomic mass is 10.1. The van der Waals surface area contributed by atoms with Gasteiger partial charge in [0.25, 0.3) is 0 Å². The number of nitrogens with zero attached hydrogens (tertiary/aromatic N) is 2. The largest absolute Gasteiger partial charge is 0.493 e. The molecule has 106 valence electrons. The van der Waals surface area contributed by atoms with Crippen molar-refractivity contribution in [3.63, 3.8) is 0 Å². The van der Waals surface area contributed by atoms with Crippen molar-refractivity contribution in [1.29, 1.82) is 0 Å². The lowest BCUT2D eigenvalue weighted by Crippen LogP contribution is -2.12. The zero-order valence-electron chi connectivity index (χ0n) is 11.5. The number of ketones is 1. The van der Waals surface area contributed by atoms with E-state index < -0.39 is 0 Å². The summed E-state index contributed by atoms with van der Waals surface area (Å²) < 4.78 is 12.8. The number of ether oxygens (including phenoxy) is 2. The Hall–Kier alpha value is -1.82. The molecule has 0 amide bonds. The van der Waals surface area contributed by atoms with Gasteiger partial charge in [-0.25, -0.2) is 0 Å². The fourth-order valence-electron chi connectivity index (χ4n) is 2.02. The number of benzene rings is 1. The number of halogens is 1. The first-order chi connectivity index (χ1) is 9.63. The SMILES string of the molecule is CCn1ncc(Br)c1C(=O)c1cccc(OC)c1OC. The molecule has 5 nitrogen and oxygen atoms in total. The van der Waals surface area contributed by atoms with Gasteiger partial charge in [-0.2, -0.15) is 5.10 Å². The van der Waals surface area contributed by atoms with Crippen LogP contribution in [-0.4, -0.2) is 29.8 Å². The van der Waals surface area contributed by atoms with E-state index in [-0.39, 0.29) is 5.78 Å². The van der Waals surface area contributed by atoms with Crippen molar-refractivity contribution >= 4 is 21.7 Å². The first-order valence-corrected chi connectivity index (χ1v) is 6.90. The van der Waals surface area contributed by atoms with E-state index >= 15 is 0 Å². The molecule has 0 N–H and O–H groups in total. The maximum absolute atomic E-state index is 12.7. The standard InChI is InChI=1S/C14H15BrN2O3/c1-4-17-12(10(15)8-16-17)13(18)9-6-5-7-11(19-2)14(9)20-3/h5-8H,4H2,1-3H3. The van der Waals surface area contributed by atoms with Gasteiger partial charge in [-0.15, -0.1) is 0 Å². The summed E-state index contributed by atoms with van der Waals surface area (Å²) in [6, 6.07) is 5.22. The minimum atomic E-state index is -0.160. The maximum Gasteiger partial charge on any atom is 0.216 e. The Labute approximate surface area is 125 Å². The molecule has 0 fully saturated rings. The van der Waals surface area contributed by atoms with Gasteiger partial charge < -0.3 is 9.47 Å². The molecule has 0 spiro atoms. The molecule has 0 bridgehead atoms. The van der Waals surface area contributed by atoms with Crippen LogP contribution in [0.25, 0.3) is 0 Å². The molecule has 2 aromatic rings. The number of hydrogen-bond acceptors (Lipinski definition) is 4. The predicted molar refractivity (Wildman–Crippen MR) is 78.6 cm³/mol. The van der Waals surface area contributed by atoms with Crippen LogP contribution in [0.3, 0.4) is 0 Å². The fourth-order valence-corrected chi connectivity index (χ4v) is 2.50. The van der Waals surface area contributed by atoms with Crippen LogP contribution in [-0.2, 0) is 6.54 Å². The third-order valence-electron chi connectivity index (χ3n) is 2.96. The fraction of sp³-hybridized carbons (Fsp3) is 0.286. The van der Waals surface area contributed by atoms with E-state index in [2.05, 4.69) is 21.0 Å². The Morgan fingerprint density at radius 3 is 2.70 bits per heavy atom. The molecule has 0 aliphatic rings. The predicted octanol–water partition coefficient (Wildman–Crippen LogP) is 2.91. The van der Waals surface area contributed by atoms with Crippen LogP contribution in [0.2, 0.25) is 0 Å². The summed E-state index contributed by atoms with van der Waals surface area (Å²) in [6.45, 7) is 2.54. The van der Waals surface area contributed by atoms with Gasteiger partial charge in [-0.1, -0.05) is 6.07 Å². The second-order valence-corrected chi connectivity index (χ2v) is 4.88.